The van der Waals surface area contributed by atoms with Crippen molar-refractivity contribution in [3.63, 3.8) is 0 Å². The monoisotopic (exact) mass is 612 g/mol. The molecule has 0 spiro atoms. The SMILES string of the molecule is c1ccc(-c2c3ccccc3c(-c3ccc4cc(-c5cccc6c5sc5ccc7ccccc7c56)ccc4c3)c3ccccc23)cc1. The number of benzene rings is 9. The fourth-order valence-electron chi connectivity index (χ4n) is 7.72. The van der Waals surface area contributed by atoms with Gasteiger partial charge in [0.05, 0.1) is 0 Å². The third-order valence-corrected chi connectivity index (χ3v) is 11.0. The summed E-state index contributed by atoms with van der Waals surface area (Å²) in [7, 11) is 0. The van der Waals surface area contributed by atoms with Gasteiger partial charge in [-0.05, 0) is 94.7 Å². The Morgan fingerprint density at radius 2 is 0.851 bits per heavy atom. The molecule has 10 rings (SSSR count). The first-order valence-electron chi connectivity index (χ1n) is 16.2. The molecule has 0 bridgehead atoms. The van der Waals surface area contributed by atoms with Crippen LogP contribution in [0, 0.1) is 0 Å². The van der Waals surface area contributed by atoms with Crippen LogP contribution in [0.25, 0.3) is 96.6 Å². The molecule has 9 aromatic carbocycles. The molecule has 1 heteroatoms. The summed E-state index contributed by atoms with van der Waals surface area (Å²) in [6.45, 7) is 0. The first-order valence-corrected chi connectivity index (χ1v) is 17.0. The van der Waals surface area contributed by atoms with Crippen molar-refractivity contribution in [2.24, 2.45) is 0 Å². The molecule has 0 aliphatic carbocycles. The Balaban J connectivity index is 1.15. The van der Waals surface area contributed by atoms with Gasteiger partial charge in [0.15, 0.2) is 0 Å². The molecular weight excluding hydrogens is 585 g/mol. The Kier molecular flexibility index (Phi) is 5.85. The Morgan fingerprint density at radius 3 is 1.55 bits per heavy atom. The van der Waals surface area contributed by atoms with Crippen molar-refractivity contribution in [1.82, 2.24) is 0 Å². The number of rotatable bonds is 3. The lowest BCUT2D eigenvalue weighted by Crippen LogP contribution is -1.90. The van der Waals surface area contributed by atoms with E-state index in [4.69, 9.17) is 0 Å². The zero-order valence-electron chi connectivity index (χ0n) is 25.6. The van der Waals surface area contributed by atoms with E-state index in [1.807, 2.05) is 11.3 Å². The van der Waals surface area contributed by atoms with Gasteiger partial charge >= 0.3 is 0 Å². The van der Waals surface area contributed by atoms with Crippen LogP contribution >= 0.6 is 11.3 Å². The Bertz CT molecular complexity index is 2780. The van der Waals surface area contributed by atoms with Gasteiger partial charge in [0.25, 0.3) is 0 Å². The van der Waals surface area contributed by atoms with E-state index < -0.39 is 0 Å². The minimum Gasteiger partial charge on any atom is -0.135 e. The summed E-state index contributed by atoms with van der Waals surface area (Å²) in [5, 5.41) is 13.0. The summed E-state index contributed by atoms with van der Waals surface area (Å²) >= 11 is 1.90. The molecule has 1 heterocycles. The molecule has 0 aliphatic heterocycles. The van der Waals surface area contributed by atoms with Crippen LogP contribution in [0.15, 0.2) is 170 Å². The average Bonchev–Trinajstić information content (AvgIpc) is 3.53. The lowest BCUT2D eigenvalue weighted by molar-refractivity contribution is 1.66. The minimum atomic E-state index is 1.25. The second kappa shape index (κ2) is 10.4. The van der Waals surface area contributed by atoms with Gasteiger partial charge in [-0.3, -0.25) is 0 Å². The van der Waals surface area contributed by atoms with Gasteiger partial charge in [-0.25, -0.2) is 0 Å². The Hall–Kier alpha value is -5.76. The van der Waals surface area contributed by atoms with E-state index in [1.165, 1.54) is 96.6 Å². The van der Waals surface area contributed by atoms with Crippen LogP contribution in [0.5, 0.6) is 0 Å². The lowest BCUT2D eigenvalue weighted by Gasteiger charge is -2.18. The van der Waals surface area contributed by atoms with Gasteiger partial charge in [0, 0.05) is 20.2 Å². The molecular formula is C46H28S. The van der Waals surface area contributed by atoms with E-state index >= 15 is 0 Å². The molecule has 0 unspecified atom stereocenters. The van der Waals surface area contributed by atoms with Gasteiger partial charge in [-0.1, -0.05) is 152 Å². The molecule has 218 valence electrons. The van der Waals surface area contributed by atoms with Gasteiger partial charge in [-0.2, -0.15) is 0 Å². The molecule has 0 saturated carbocycles. The summed E-state index contributed by atoms with van der Waals surface area (Å²) in [5.74, 6) is 0. The molecule has 0 fully saturated rings. The van der Waals surface area contributed by atoms with E-state index in [9.17, 15) is 0 Å². The molecule has 0 atom stereocenters. The minimum absolute atomic E-state index is 1.25. The average molecular weight is 613 g/mol. The van der Waals surface area contributed by atoms with Crippen molar-refractivity contribution in [2.45, 2.75) is 0 Å². The highest BCUT2D eigenvalue weighted by Crippen LogP contribution is 2.45. The third-order valence-electron chi connectivity index (χ3n) is 9.82. The second-order valence-corrected chi connectivity index (χ2v) is 13.5. The zero-order valence-corrected chi connectivity index (χ0v) is 26.4. The van der Waals surface area contributed by atoms with E-state index in [-0.39, 0.29) is 0 Å². The fourth-order valence-corrected chi connectivity index (χ4v) is 8.97. The molecule has 0 saturated heterocycles. The van der Waals surface area contributed by atoms with Crippen LogP contribution in [-0.2, 0) is 0 Å². The van der Waals surface area contributed by atoms with Crippen molar-refractivity contribution < 1.29 is 0 Å². The summed E-state index contributed by atoms with van der Waals surface area (Å²) in [4.78, 5) is 0. The van der Waals surface area contributed by atoms with Crippen molar-refractivity contribution in [3.8, 4) is 33.4 Å². The quantitative estimate of drug-likeness (QED) is 0.174. The fraction of sp³-hybridized carbons (Fsp3) is 0. The predicted molar refractivity (Wildman–Crippen MR) is 206 cm³/mol. The first kappa shape index (κ1) is 26.5. The first-order chi connectivity index (χ1) is 23.3. The highest BCUT2D eigenvalue weighted by atomic mass is 32.1. The Morgan fingerprint density at radius 1 is 0.319 bits per heavy atom. The molecule has 0 amide bonds. The number of fused-ring (bicyclic) bond motifs is 8. The summed E-state index contributed by atoms with van der Waals surface area (Å²) in [6, 6.07) is 62.6. The number of thiophene rings is 1. The van der Waals surface area contributed by atoms with Crippen LogP contribution in [0.2, 0.25) is 0 Å². The molecule has 10 aromatic rings. The summed E-state index contributed by atoms with van der Waals surface area (Å²) < 4.78 is 2.69. The zero-order chi connectivity index (χ0) is 30.9. The van der Waals surface area contributed by atoms with Gasteiger partial charge in [0.1, 0.15) is 0 Å². The maximum Gasteiger partial charge on any atom is 0.0434 e. The van der Waals surface area contributed by atoms with Crippen LogP contribution in [0.4, 0.5) is 0 Å². The lowest BCUT2D eigenvalue weighted by atomic mass is 9.85. The number of hydrogen-bond donors (Lipinski definition) is 0. The van der Waals surface area contributed by atoms with E-state index in [0.717, 1.165) is 0 Å². The standard InChI is InChI=1S/C46H28S/c1-2-12-30(13-3-1)43-37-15-6-8-17-39(37)44(40-18-9-7-16-38(40)43)34-24-22-31-27-33(23-21-32(31)28-34)36-19-10-20-41-45-35-14-5-4-11-29(35)25-26-42(45)47-46(36)41/h1-28H. The second-order valence-electron chi connectivity index (χ2n) is 12.4. The maximum atomic E-state index is 2.38. The van der Waals surface area contributed by atoms with Crippen molar-refractivity contribution in [3.05, 3.63) is 170 Å². The molecule has 0 aliphatic rings. The molecule has 1 aromatic heterocycles. The summed E-state index contributed by atoms with van der Waals surface area (Å²) in [6.07, 6.45) is 0. The van der Waals surface area contributed by atoms with Crippen molar-refractivity contribution in [1.29, 1.82) is 0 Å². The predicted octanol–water partition coefficient (Wildman–Crippen LogP) is 13.7. The Labute approximate surface area is 276 Å². The van der Waals surface area contributed by atoms with Gasteiger partial charge in [0.2, 0.25) is 0 Å². The normalized spacial score (nSPS) is 11.8. The molecule has 47 heavy (non-hydrogen) atoms. The van der Waals surface area contributed by atoms with Gasteiger partial charge in [-0.15, -0.1) is 11.3 Å². The van der Waals surface area contributed by atoms with Crippen LogP contribution in [0.3, 0.4) is 0 Å². The van der Waals surface area contributed by atoms with Crippen LogP contribution in [-0.4, -0.2) is 0 Å². The van der Waals surface area contributed by atoms with Crippen LogP contribution < -0.4 is 0 Å². The third kappa shape index (κ3) is 4.07. The highest BCUT2D eigenvalue weighted by molar-refractivity contribution is 7.26. The van der Waals surface area contributed by atoms with Crippen molar-refractivity contribution >= 4 is 74.6 Å². The summed E-state index contributed by atoms with van der Waals surface area (Å²) in [5.41, 5.74) is 7.65. The smallest absolute Gasteiger partial charge is 0.0434 e. The molecule has 0 N–H and O–H groups in total. The van der Waals surface area contributed by atoms with E-state index in [2.05, 4.69) is 170 Å². The highest BCUT2D eigenvalue weighted by Gasteiger charge is 2.17. The van der Waals surface area contributed by atoms with Crippen LogP contribution in [0.1, 0.15) is 0 Å². The topological polar surface area (TPSA) is 0 Å². The molecule has 0 nitrogen and oxygen atoms in total. The molecule has 0 radical (unpaired) electrons. The van der Waals surface area contributed by atoms with E-state index in [1.54, 1.807) is 0 Å². The van der Waals surface area contributed by atoms with E-state index in [0.29, 0.717) is 0 Å². The largest absolute Gasteiger partial charge is 0.135 e. The maximum absolute atomic E-state index is 2.38. The van der Waals surface area contributed by atoms with Gasteiger partial charge < -0.3 is 0 Å². The number of hydrogen-bond acceptors (Lipinski definition) is 1. The van der Waals surface area contributed by atoms with Crippen molar-refractivity contribution in [2.75, 3.05) is 0 Å².